The summed E-state index contributed by atoms with van der Waals surface area (Å²) < 4.78 is 38.4. The first-order chi connectivity index (χ1) is 8.91. The Morgan fingerprint density at radius 1 is 1.26 bits per heavy atom. The molecule has 0 radical (unpaired) electrons. The van der Waals surface area contributed by atoms with E-state index in [1.54, 1.807) is 18.2 Å². The second-order valence-corrected chi connectivity index (χ2v) is 5.48. The van der Waals surface area contributed by atoms with E-state index in [9.17, 15) is 18.0 Å². The zero-order chi connectivity index (χ0) is 14.0. The van der Waals surface area contributed by atoms with Gasteiger partial charge in [0, 0.05) is 28.8 Å². The Morgan fingerprint density at radius 3 is 2.37 bits per heavy atom. The molecule has 6 heteroatoms. The van der Waals surface area contributed by atoms with Crippen molar-refractivity contribution in [3.63, 3.8) is 0 Å². The summed E-state index contributed by atoms with van der Waals surface area (Å²) in [6.07, 6.45) is -3.11. The minimum atomic E-state index is -4.09. The Hall–Kier alpha value is -1.04. The van der Waals surface area contributed by atoms with E-state index in [0.29, 0.717) is 23.1 Å². The third-order valence-electron chi connectivity index (χ3n) is 3.43. The molecule has 0 bridgehead atoms. The number of alkyl halides is 3. The van der Waals surface area contributed by atoms with Crippen LogP contribution in [0.3, 0.4) is 0 Å². The van der Waals surface area contributed by atoms with E-state index in [-0.39, 0.29) is 12.8 Å². The molecule has 19 heavy (non-hydrogen) atoms. The number of rotatable bonds is 2. The standard InChI is InChI=1S/C13H13BrF3NO/c14-12-7-11(2-1-9(12)8-19)18-5-3-10(4-6-18)13(15,16)17/h1-2,7-8,10H,3-6H2. The molecule has 0 spiro atoms. The van der Waals surface area contributed by atoms with Gasteiger partial charge in [-0.15, -0.1) is 0 Å². The predicted molar refractivity (Wildman–Crippen MR) is 70.5 cm³/mol. The van der Waals surface area contributed by atoms with Crippen LogP contribution in [0.1, 0.15) is 23.2 Å². The van der Waals surface area contributed by atoms with Gasteiger partial charge in [-0.05, 0) is 47.0 Å². The lowest BCUT2D eigenvalue weighted by Gasteiger charge is -2.34. The molecule has 1 fully saturated rings. The van der Waals surface area contributed by atoms with Crippen LogP contribution in [0.2, 0.25) is 0 Å². The average molecular weight is 336 g/mol. The molecule has 0 saturated carbocycles. The molecule has 1 heterocycles. The fraction of sp³-hybridized carbons (Fsp3) is 0.462. The minimum absolute atomic E-state index is 0.122. The fourth-order valence-electron chi connectivity index (χ4n) is 2.27. The quantitative estimate of drug-likeness (QED) is 0.760. The van der Waals surface area contributed by atoms with Crippen molar-refractivity contribution in [2.24, 2.45) is 5.92 Å². The van der Waals surface area contributed by atoms with Crippen molar-refractivity contribution < 1.29 is 18.0 Å². The molecule has 2 rings (SSSR count). The van der Waals surface area contributed by atoms with Crippen LogP contribution in [-0.2, 0) is 0 Å². The lowest BCUT2D eigenvalue weighted by molar-refractivity contribution is -0.179. The van der Waals surface area contributed by atoms with Crippen molar-refractivity contribution >= 4 is 27.9 Å². The van der Waals surface area contributed by atoms with Crippen LogP contribution >= 0.6 is 15.9 Å². The summed E-state index contributed by atoms with van der Waals surface area (Å²) in [5.74, 6) is -1.19. The molecule has 1 aliphatic heterocycles. The zero-order valence-electron chi connectivity index (χ0n) is 10.1. The molecule has 0 amide bonds. The SMILES string of the molecule is O=Cc1ccc(N2CCC(C(F)(F)F)CC2)cc1Br. The largest absolute Gasteiger partial charge is 0.391 e. The molecule has 0 aliphatic carbocycles. The van der Waals surface area contributed by atoms with Gasteiger partial charge >= 0.3 is 6.18 Å². The van der Waals surface area contributed by atoms with Gasteiger partial charge in [-0.1, -0.05) is 0 Å². The third-order valence-corrected chi connectivity index (χ3v) is 4.12. The maximum atomic E-state index is 12.6. The van der Waals surface area contributed by atoms with Crippen molar-refractivity contribution in [3.8, 4) is 0 Å². The number of piperidine rings is 1. The number of hydrogen-bond acceptors (Lipinski definition) is 2. The van der Waals surface area contributed by atoms with E-state index in [1.807, 2.05) is 4.90 Å². The van der Waals surface area contributed by atoms with E-state index >= 15 is 0 Å². The topological polar surface area (TPSA) is 20.3 Å². The fourth-order valence-corrected chi connectivity index (χ4v) is 2.73. The lowest BCUT2D eigenvalue weighted by Crippen LogP contribution is -2.39. The monoisotopic (exact) mass is 335 g/mol. The molecule has 104 valence electrons. The summed E-state index contributed by atoms with van der Waals surface area (Å²) in [5.41, 5.74) is 1.38. The predicted octanol–water partition coefficient (Wildman–Crippen LogP) is 4.04. The Balaban J connectivity index is 2.06. The first-order valence-electron chi connectivity index (χ1n) is 5.98. The Bertz CT molecular complexity index is 467. The van der Waals surface area contributed by atoms with Crippen LogP contribution in [0.25, 0.3) is 0 Å². The molecular formula is C13H13BrF3NO. The number of aldehydes is 1. The number of hydrogen-bond donors (Lipinski definition) is 0. The summed E-state index contributed by atoms with van der Waals surface area (Å²) in [6.45, 7) is 0.772. The summed E-state index contributed by atoms with van der Waals surface area (Å²) in [5, 5.41) is 0. The van der Waals surface area contributed by atoms with Crippen LogP contribution in [0.5, 0.6) is 0 Å². The number of carbonyl (C=O) groups excluding carboxylic acids is 1. The number of carbonyl (C=O) groups is 1. The summed E-state index contributed by atoms with van der Waals surface area (Å²) in [7, 11) is 0. The van der Waals surface area contributed by atoms with Crippen molar-refractivity contribution in [2.45, 2.75) is 19.0 Å². The molecule has 0 aromatic heterocycles. The minimum Gasteiger partial charge on any atom is -0.371 e. The van der Waals surface area contributed by atoms with Crippen LogP contribution in [0.4, 0.5) is 18.9 Å². The van der Waals surface area contributed by atoms with Gasteiger partial charge in [0.25, 0.3) is 0 Å². The molecule has 1 aromatic rings. The molecule has 2 nitrogen and oxygen atoms in total. The van der Waals surface area contributed by atoms with E-state index in [2.05, 4.69) is 15.9 Å². The molecule has 1 saturated heterocycles. The van der Waals surface area contributed by atoms with Crippen LogP contribution in [0.15, 0.2) is 22.7 Å². The smallest absolute Gasteiger partial charge is 0.371 e. The third kappa shape index (κ3) is 3.29. The summed E-state index contributed by atoms with van der Waals surface area (Å²) in [4.78, 5) is 12.6. The van der Waals surface area contributed by atoms with E-state index in [4.69, 9.17) is 0 Å². The first kappa shape index (κ1) is 14.4. The molecule has 1 aliphatic rings. The second-order valence-electron chi connectivity index (χ2n) is 4.63. The van der Waals surface area contributed by atoms with Crippen molar-refractivity contribution in [3.05, 3.63) is 28.2 Å². The highest BCUT2D eigenvalue weighted by atomic mass is 79.9. The number of benzene rings is 1. The highest BCUT2D eigenvalue weighted by molar-refractivity contribution is 9.10. The Labute approximate surface area is 117 Å². The highest BCUT2D eigenvalue weighted by Crippen LogP contribution is 2.35. The van der Waals surface area contributed by atoms with Gasteiger partial charge in [-0.3, -0.25) is 4.79 Å². The van der Waals surface area contributed by atoms with Gasteiger partial charge in [0.2, 0.25) is 0 Å². The molecule has 0 unspecified atom stereocenters. The molecule has 0 atom stereocenters. The molecule has 1 aromatic carbocycles. The van der Waals surface area contributed by atoms with Gasteiger partial charge in [-0.2, -0.15) is 13.2 Å². The van der Waals surface area contributed by atoms with Gasteiger partial charge in [0.15, 0.2) is 6.29 Å². The Morgan fingerprint density at radius 2 is 1.89 bits per heavy atom. The van der Waals surface area contributed by atoms with Crippen LogP contribution < -0.4 is 4.90 Å². The second kappa shape index (κ2) is 5.53. The van der Waals surface area contributed by atoms with E-state index < -0.39 is 12.1 Å². The van der Waals surface area contributed by atoms with Gasteiger partial charge in [-0.25, -0.2) is 0 Å². The van der Waals surface area contributed by atoms with E-state index in [1.165, 1.54) is 0 Å². The lowest BCUT2D eigenvalue weighted by atomic mass is 9.96. The normalized spacial score (nSPS) is 17.6. The van der Waals surface area contributed by atoms with Crippen molar-refractivity contribution in [1.29, 1.82) is 0 Å². The zero-order valence-corrected chi connectivity index (χ0v) is 11.7. The number of halogens is 4. The van der Waals surface area contributed by atoms with Gasteiger partial charge < -0.3 is 4.90 Å². The summed E-state index contributed by atoms with van der Waals surface area (Å²) >= 11 is 3.28. The van der Waals surface area contributed by atoms with E-state index in [0.717, 1.165) is 12.0 Å². The van der Waals surface area contributed by atoms with Crippen LogP contribution in [-0.4, -0.2) is 25.6 Å². The molecular weight excluding hydrogens is 323 g/mol. The Kier molecular flexibility index (Phi) is 4.18. The number of anilines is 1. The van der Waals surface area contributed by atoms with Gasteiger partial charge in [0.1, 0.15) is 0 Å². The molecule has 0 N–H and O–H groups in total. The highest BCUT2D eigenvalue weighted by Gasteiger charge is 2.41. The number of nitrogens with zero attached hydrogens (tertiary/aromatic N) is 1. The average Bonchev–Trinajstić information content (AvgIpc) is 2.38. The maximum absolute atomic E-state index is 12.6. The van der Waals surface area contributed by atoms with Crippen molar-refractivity contribution in [2.75, 3.05) is 18.0 Å². The van der Waals surface area contributed by atoms with Crippen molar-refractivity contribution in [1.82, 2.24) is 0 Å². The maximum Gasteiger partial charge on any atom is 0.391 e. The van der Waals surface area contributed by atoms with Crippen LogP contribution in [0, 0.1) is 5.92 Å². The van der Waals surface area contributed by atoms with Gasteiger partial charge in [0.05, 0.1) is 5.92 Å². The summed E-state index contributed by atoms with van der Waals surface area (Å²) in [6, 6.07) is 5.21. The first-order valence-corrected chi connectivity index (χ1v) is 6.77.